The van der Waals surface area contributed by atoms with Crippen molar-refractivity contribution in [1.82, 2.24) is 10.6 Å². The van der Waals surface area contributed by atoms with Crippen LogP contribution >= 0.6 is 0 Å². The molecule has 0 bridgehead atoms. The average molecular weight is 174 g/mol. The molecule has 0 aromatic heterocycles. The molecule has 70 valence electrons. The monoisotopic (exact) mass is 174 g/mol. The predicted molar refractivity (Wildman–Crippen MR) is 42.8 cm³/mol. The van der Waals surface area contributed by atoms with Gasteiger partial charge in [0.05, 0.1) is 19.3 Å². The summed E-state index contributed by atoms with van der Waals surface area (Å²) in [6, 6.07) is -0.182. The minimum Gasteiger partial charge on any atom is -0.453 e. The Hall–Kier alpha value is -0.810. The highest BCUT2D eigenvalue weighted by Gasteiger charge is 2.24. The lowest BCUT2D eigenvalue weighted by Crippen LogP contribution is -2.52. The third kappa shape index (κ3) is 2.35. The second-order valence-corrected chi connectivity index (χ2v) is 2.80. The molecule has 1 amide bonds. The normalized spacial score (nSPS) is 29.5. The molecule has 0 saturated carbocycles. The van der Waals surface area contributed by atoms with E-state index in [1.54, 1.807) is 0 Å². The molecule has 12 heavy (non-hydrogen) atoms. The van der Waals surface area contributed by atoms with Crippen molar-refractivity contribution in [2.45, 2.75) is 18.6 Å². The van der Waals surface area contributed by atoms with Crippen LogP contribution in [-0.2, 0) is 4.74 Å². The summed E-state index contributed by atoms with van der Waals surface area (Å²) in [7, 11) is 1.31. The number of nitrogens with one attached hydrogen (secondary N) is 2. The highest BCUT2D eigenvalue weighted by atomic mass is 16.5. The van der Waals surface area contributed by atoms with Crippen molar-refractivity contribution in [2.24, 2.45) is 0 Å². The zero-order valence-corrected chi connectivity index (χ0v) is 7.04. The van der Waals surface area contributed by atoms with Crippen molar-refractivity contribution in [3.05, 3.63) is 0 Å². The minimum absolute atomic E-state index is 0.182. The second-order valence-electron chi connectivity index (χ2n) is 2.80. The Kier molecular flexibility index (Phi) is 3.31. The molecule has 1 rings (SSSR count). The SMILES string of the molecule is COC(=O)N[C@@H]1CCNC[C@H]1O. The zero-order chi connectivity index (χ0) is 8.97. The van der Waals surface area contributed by atoms with Crippen LogP contribution < -0.4 is 10.6 Å². The number of amides is 1. The van der Waals surface area contributed by atoms with Crippen LogP contribution in [-0.4, -0.2) is 43.5 Å². The number of piperidine rings is 1. The molecular weight excluding hydrogens is 160 g/mol. The van der Waals surface area contributed by atoms with Gasteiger partial charge in [0.2, 0.25) is 0 Å². The molecule has 0 spiro atoms. The lowest BCUT2D eigenvalue weighted by Gasteiger charge is -2.28. The predicted octanol–water partition coefficient (Wildman–Crippen LogP) is -0.935. The Bertz CT molecular complexity index is 163. The number of hydrogen-bond donors (Lipinski definition) is 3. The first-order valence-corrected chi connectivity index (χ1v) is 3.97. The number of carbonyl (C=O) groups excluding carboxylic acids is 1. The summed E-state index contributed by atoms with van der Waals surface area (Å²) in [5.41, 5.74) is 0. The summed E-state index contributed by atoms with van der Waals surface area (Å²) in [6.07, 6.45) is -0.269. The Morgan fingerprint density at radius 3 is 3.08 bits per heavy atom. The van der Waals surface area contributed by atoms with Crippen LogP contribution in [0.15, 0.2) is 0 Å². The maximum atomic E-state index is 10.8. The summed E-state index contributed by atoms with van der Waals surface area (Å²) in [5, 5.41) is 15.0. The maximum Gasteiger partial charge on any atom is 0.407 e. The quantitative estimate of drug-likeness (QED) is 0.480. The summed E-state index contributed by atoms with van der Waals surface area (Å²) in [5.74, 6) is 0. The third-order valence-corrected chi connectivity index (χ3v) is 1.94. The highest BCUT2D eigenvalue weighted by molar-refractivity contribution is 5.67. The molecule has 5 nitrogen and oxygen atoms in total. The number of aliphatic hydroxyl groups is 1. The fourth-order valence-electron chi connectivity index (χ4n) is 1.22. The fraction of sp³-hybridized carbons (Fsp3) is 0.857. The van der Waals surface area contributed by atoms with Crippen LogP contribution in [0.5, 0.6) is 0 Å². The number of carbonyl (C=O) groups is 1. The molecule has 0 aromatic carbocycles. The number of hydrogen-bond acceptors (Lipinski definition) is 4. The Balaban J connectivity index is 2.33. The molecule has 0 aromatic rings. The van der Waals surface area contributed by atoms with E-state index in [0.717, 1.165) is 13.0 Å². The molecule has 1 heterocycles. The van der Waals surface area contributed by atoms with E-state index in [2.05, 4.69) is 15.4 Å². The first-order valence-electron chi connectivity index (χ1n) is 3.97. The van der Waals surface area contributed by atoms with Crippen molar-refractivity contribution in [2.75, 3.05) is 20.2 Å². The van der Waals surface area contributed by atoms with Gasteiger partial charge in [0.1, 0.15) is 0 Å². The van der Waals surface area contributed by atoms with E-state index in [1.165, 1.54) is 7.11 Å². The van der Waals surface area contributed by atoms with E-state index in [0.29, 0.717) is 6.54 Å². The van der Waals surface area contributed by atoms with Crippen molar-refractivity contribution in [3.63, 3.8) is 0 Å². The first kappa shape index (κ1) is 9.28. The van der Waals surface area contributed by atoms with Crippen LogP contribution in [0, 0.1) is 0 Å². The zero-order valence-electron chi connectivity index (χ0n) is 7.04. The van der Waals surface area contributed by atoms with E-state index in [-0.39, 0.29) is 6.04 Å². The van der Waals surface area contributed by atoms with Gasteiger partial charge < -0.3 is 20.5 Å². The number of β-amino-alcohol motifs (C(OH)–C–C–N with tert-alkyl or cyclic N) is 1. The molecule has 0 aliphatic carbocycles. The van der Waals surface area contributed by atoms with Gasteiger partial charge in [-0.15, -0.1) is 0 Å². The molecule has 5 heteroatoms. The first-order chi connectivity index (χ1) is 5.74. The van der Waals surface area contributed by atoms with Gasteiger partial charge in [0.25, 0.3) is 0 Å². The van der Waals surface area contributed by atoms with Gasteiger partial charge >= 0.3 is 6.09 Å². The minimum atomic E-state index is -0.516. The van der Waals surface area contributed by atoms with Crippen molar-refractivity contribution in [1.29, 1.82) is 0 Å². The summed E-state index contributed by atoms with van der Waals surface area (Å²) >= 11 is 0. The average Bonchev–Trinajstić information content (AvgIpc) is 2.09. The number of ether oxygens (including phenoxy) is 1. The number of rotatable bonds is 1. The molecule has 3 N–H and O–H groups in total. The molecule has 1 aliphatic heterocycles. The maximum absolute atomic E-state index is 10.8. The van der Waals surface area contributed by atoms with Crippen LogP contribution in [0.25, 0.3) is 0 Å². The van der Waals surface area contributed by atoms with Crippen LogP contribution in [0.2, 0.25) is 0 Å². The summed E-state index contributed by atoms with van der Waals surface area (Å²) in [4.78, 5) is 10.8. The van der Waals surface area contributed by atoms with E-state index in [1.807, 2.05) is 0 Å². The van der Waals surface area contributed by atoms with Crippen molar-refractivity contribution >= 4 is 6.09 Å². The van der Waals surface area contributed by atoms with Gasteiger partial charge in [-0.1, -0.05) is 0 Å². The smallest absolute Gasteiger partial charge is 0.407 e. The van der Waals surface area contributed by atoms with Gasteiger partial charge in [0.15, 0.2) is 0 Å². The van der Waals surface area contributed by atoms with Crippen molar-refractivity contribution < 1.29 is 14.6 Å². The Morgan fingerprint density at radius 1 is 1.75 bits per heavy atom. The van der Waals surface area contributed by atoms with Gasteiger partial charge in [-0.05, 0) is 13.0 Å². The lowest BCUT2D eigenvalue weighted by atomic mass is 10.0. The van der Waals surface area contributed by atoms with Gasteiger partial charge in [-0.25, -0.2) is 4.79 Å². The largest absolute Gasteiger partial charge is 0.453 e. The second kappa shape index (κ2) is 4.27. The van der Waals surface area contributed by atoms with Crippen molar-refractivity contribution in [3.8, 4) is 0 Å². The topological polar surface area (TPSA) is 70.6 Å². The van der Waals surface area contributed by atoms with E-state index < -0.39 is 12.2 Å². The molecular formula is C7H14N2O3. The van der Waals surface area contributed by atoms with E-state index >= 15 is 0 Å². The standard InChI is InChI=1S/C7H14N2O3/c1-12-7(11)9-5-2-3-8-4-6(5)10/h5-6,8,10H,2-4H2,1H3,(H,9,11)/t5-,6-/m1/s1. The summed E-state index contributed by atoms with van der Waals surface area (Å²) < 4.78 is 4.42. The molecule has 1 saturated heterocycles. The van der Waals surface area contributed by atoms with Crippen LogP contribution in [0.1, 0.15) is 6.42 Å². The van der Waals surface area contributed by atoms with E-state index in [4.69, 9.17) is 0 Å². The molecule has 2 atom stereocenters. The number of aliphatic hydroxyl groups excluding tert-OH is 1. The molecule has 0 radical (unpaired) electrons. The van der Waals surface area contributed by atoms with Crippen LogP contribution in [0.4, 0.5) is 4.79 Å². The Labute approximate surface area is 71.1 Å². The van der Waals surface area contributed by atoms with E-state index in [9.17, 15) is 9.90 Å². The fourth-order valence-corrected chi connectivity index (χ4v) is 1.22. The van der Waals surface area contributed by atoms with Gasteiger partial charge in [0, 0.05) is 6.54 Å². The number of methoxy groups -OCH3 is 1. The highest BCUT2D eigenvalue weighted by Crippen LogP contribution is 2.03. The van der Waals surface area contributed by atoms with Gasteiger partial charge in [-0.3, -0.25) is 0 Å². The van der Waals surface area contributed by atoms with Gasteiger partial charge in [-0.2, -0.15) is 0 Å². The third-order valence-electron chi connectivity index (χ3n) is 1.94. The molecule has 1 fully saturated rings. The Morgan fingerprint density at radius 2 is 2.50 bits per heavy atom. The number of alkyl carbamates (subject to hydrolysis) is 1. The van der Waals surface area contributed by atoms with Crippen LogP contribution in [0.3, 0.4) is 0 Å². The summed E-state index contributed by atoms with van der Waals surface area (Å²) in [6.45, 7) is 1.33. The molecule has 0 unspecified atom stereocenters. The molecule has 1 aliphatic rings. The lowest BCUT2D eigenvalue weighted by molar-refractivity contribution is 0.0944.